The Kier molecular flexibility index (Phi) is 24.4. The predicted octanol–water partition coefficient (Wildman–Crippen LogP) is 11.6. The van der Waals surface area contributed by atoms with Crippen LogP contribution in [0.4, 0.5) is 4.39 Å². The molecule has 0 spiro atoms. The van der Waals surface area contributed by atoms with Crippen molar-refractivity contribution in [1.29, 1.82) is 0 Å². The molecular weight excluding hydrogens is 1510 g/mol. The van der Waals surface area contributed by atoms with Crippen LogP contribution in [0.2, 0.25) is 15.1 Å². The summed E-state index contributed by atoms with van der Waals surface area (Å²) in [5.74, 6) is 3.19. The third kappa shape index (κ3) is 17.6. The van der Waals surface area contributed by atoms with Gasteiger partial charge in [0, 0.05) is 39.7 Å². The number of furan rings is 1. The number of hydrogen-bond acceptors (Lipinski definition) is 21. The topological polar surface area (TPSA) is 308 Å². The summed E-state index contributed by atoms with van der Waals surface area (Å²) in [4.78, 5) is 0. The summed E-state index contributed by atoms with van der Waals surface area (Å²) in [7, 11) is 0. The van der Waals surface area contributed by atoms with Gasteiger partial charge < -0.3 is 103 Å². The molecule has 0 radical (unpaired) electrons. The second kappa shape index (κ2) is 34.7. The third-order valence-electron chi connectivity index (χ3n) is 21.5. The van der Waals surface area contributed by atoms with Crippen LogP contribution in [0.1, 0.15) is 116 Å². The molecule has 9 aromatic carbocycles. The van der Waals surface area contributed by atoms with Gasteiger partial charge in [-0.05, 0) is 190 Å². The summed E-state index contributed by atoms with van der Waals surface area (Å²) in [5, 5.41) is 110. The molecule has 18 atom stereocenters. The molecule has 0 amide bonds. The first-order chi connectivity index (χ1) is 54.1. The Balaban J connectivity index is 0.507. The summed E-state index contributed by atoms with van der Waals surface area (Å²) in [6.07, 6.45) is -17.7. The molecule has 21 nitrogen and oxygen atoms in total. The lowest BCUT2D eigenvalue weighted by Crippen LogP contribution is -2.55. The maximum absolute atomic E-state index is 15.8. The first-order valence-electron chi connectivity index (χ1n) is 37.4. The van der Waals surface area contributed by atoms with Gasteiger partial charge in [-0.15, -0.1) is 0 Å². The molecule has 0 bridgehead atoms. The zero-order valence-corrected chi connectivity index (χ0v) is 63.0. The Morgan fingerprint density at radius 1 is 0.438 bits per heavy atom. The van der Waals surface area contributed by atoms with Gasteiger partial charge in [-0.3, -0.25) is 0 Å². The zero-order valence-electron chi connectivity index (χ0n) is 60.8. The van der Waals surface area contributed by atoms with Crippen LogP contribution < -0.4 is 28.4 Å². The number of fused-ring (bicyclic) bond motifs is 3. The number of halogens is 4. The third-order valence-corrected chi connectivity index (χ3v) is 22.7. The molecule has 588 valence electrons. The summed E-state index contributed by atoms with van der Waals surface area (Å²) in [5.41, 5.74) is 9.51. The minimum Gasteiger partial charge on any atom is -0.493 e. The lowest BCUT2D eigenvalue weighted by molar-refractivity contribution is -0.231. The van der Waals surface area contributed by atoms with Crippen molar-refractivity contribution in [3.63, 3.8) is 0 Å². The van der Waals surface area contributed by atoms with Gasteiger partial charge in [0.05, 0.1) is 25.9 Å². The molecule has 1 aromatic heterocycles. The fraction of sp³-hybridized carbons (Fsp3) is 0.356. The second-order valence-corrected chi connectivity index (χ2v) is 30.4. The molecule has 3 unspecified atom stereocenters. The first kappa shape index (κ1) is 78.8. The van der Waals surface area contributed by atoms with Gasteiger partial charge in [0.1, 0.15) is 164 Å². The molecule has 25 heteroatoms. The van der Waals surface area contributed by atoms with E-state index in [1.165, 1.54) is 17.7 Å². The number of benzene rings is 9. The van der Waals surface area contributed by atoms with Crippen molar-refractivity contribution in [3.05, 3.63) is 281 Å². The second-order valence-electron chi connectivity index (χ2n) is 29.2. The number of rotatable bonds is 27. The fourth-order valence-electron chi connectivity index (χ4n) is 15.3. The van der Waals surface area contributed by atoms with E-state index in [9.17, 15) is 51.1 Å². The number of ether oxygens (including phenoxy) is 10. The van der Waals surface area contributed by atoms with E-state index in [1.54, 1.807) is 78.9 Å². The smallest absolute Gasteiger partial charge is 0.165 e. The molecular formula is C87H86Cl3FO21. The average molecular weight is 1590 g/mol. The lowest BCUT2D eigenvalue weighted by Gasteiger charge is -2.40. The van der Waals surface area contributed by atoms with E-state index in [-0.39, 0.29) is 44.2 Å². The standard InChI is InChI=1S/C87H86Cl3FO21/c1-45-63-20-18-60(40-64(63)73(107-45)42-106-71-24-10-48(33-68(71)91)32-55-36-50(11-23-67(55)90)85-82(99)79(96)76(93)72(41-92)110-85)105-44-75-78(95)81(98)84(101)87(112-75)52-13-22-66(89)54(35-52)31-47-8-16-58(17-9-47)103-29-27-62-39-56-38-59(19-25-70(56)109-62)104-43-74-77(94)80(97)83(100)86(111-74)51-12-21-65(88)53(34-51)30-46-6-14-57(15-7-46)102-28-26-61-37-49-4-2-3-5-69(49)108-61/h2-25,33-36,38-40,45,61,72-87,92-101H,26-32,37,41-44H2,1H3/t45?,61?,72-,73?,74-,75-,76-,77-,78-,79+,80+,81+,82-,83-,84-,85+,86+,87+/m1/s1. The van der Waals surface area contributed by atoms with Crippen LogP contribution in [0.3, 0.4) is 0 Å². The Labute approximate surface area is 660 Å². The predicted molar refractivity (Wildman–Crippen MR) is 411 cm³/mol. The molecule has 5 aliphatic rings. The first-order valence-corrected chi connectivity index (χ1v) is 38.5. The van der Waals surface area contributed by atoms with Crippen LogP contribution in [0.5, 0.6) is 34.5 Å². The fourth-order valence-corrected chi connectivity index (χ4v) is 15.8. The van der Waals surface area contributed by atoms with Gasteiger partial charge in [-0.2, -0.15) is 0 Å². The van der Waals surface area contributed by atoms with E-state index in [0.717, 1.165) is 63.1 Å². The van der Waals surface area contributed by atoms with E-state index in [2.05, 4.69) is 6.07 Å². The van der Waals surface area contributed by atoms with Gasteiger partial charge in [-0.25, -0.2) is 4.39 Å². The summed E-state index contributed by atoms with van der Waals surface area (Å²) in [6.45, 7) is 1.71. The van der Waals surface area contributed by atoms with Gasteiger partial charge in [0.25, 0.3) is 0 Å². The summed E-state index contributed by atoms with van der Waals surface area (Å²) in [6, 6.07) is 56.0. The summed E-state index contributed by atoms with van der Waals surface area (Å²) < 4.78 is 83.2. The van der Waals surface area contributed by atoms with Crippen LogP contribution in [0, 0.1) is 5.82 Å². The van der Waals surface area contributed by atoms with Crippen LogP contribution in [0.15, 0.2) is 192 Å². The minimum absolute atomic E-state index is 0.0229. The van der Waals surface area contributed by atoms with Crippen molar-refractivity contribution in [1.82, 2.24) is 0 Å². The molecule has 0 saturated carbocycles. The minimum atomic E-state index is -1.60. The molecule has 0 aliphatic carbocycles. The Morgan fingerprint density at radius 2 is 0.938 bits per heavy atom. The van der Waals surface area contributed by atoms with Crippen molar-refractivity contribution in [2.45, 2.75) is 155 Å². The zero-order chi connectivity index (χ0) is 78.0. The Hall–Kier alpha value is -8.44. The van der Waals surface area contributed by atoms with E-state index in [0.29, 0.717) is 104 Å². The lowest BCUT2D eigenvalue weighted by atomic mass is 9.90. The van der Waals surface area contributed by atoms with Gasteiger partial charge in [0.2, 0.25) is 0 Å². The van der Waals surface area contributed by atoms with Crippen molar-refractivity contribution in [3.8, 4) is 34.5 Å². The molecule has 5 aliphatic heterocycles. The molecule has 10 N–H and O–H groups in total. The summed E-state index contributed by atoms with van der Waals surface area (Å²) >= 11 is 20.1. The van der Waals surface area contributed by atoms with E-state index in [1.807, 2.05) is 97.9 Å². The van der Waals surface area contributed by atoms with Crippen molar-refractivity contribution in [2.24, 2.45) is 0 Å². The maximum atomic E-state index is 15.8. The van der Waals surface area contributed by atoms with E-state index in [4.69, 9.17) is 86.6 Å². The number of hydrogen-bond donors (Lipinski definition) is 10. The van der Waals surface area contributed by atoms with Gasteiger partial charge >= 0.3 is 0 Å². The normalized spacial score (nSPS) is 26.8. The van der Waals surface area contributed by atoms with Crippen LogP contribution in [0.25, 0.3) is 11.0 Å². The van der Waals surface area contributed by atoms with Crippen molar-refractivity contribution >= 4 is 45.8 Å². The van der Waals surface area contributed by atoms with Gasteiger partial charge in [0.15, 0.2) is 11.6 Å². The monoisotopic (exact) mass is 1590 g/mol. The molecule has 15 rings (SSSR count). The van der Waals surface area contributed by atoms with E-state index < -0.39 is 110 Å². The van der Waals surface area contributed by atoms with Crippen LogP contribution >= 0.6 is 34.8 Å². The SMILES string of the molecule is CC1OC(COc2ccc(Cc3cc([C@@H]4O[C@H](CO)[C@@H](O)[C@H](O)[C@H]4O)ccc3Cl)cc2F)c2cc(OC[C@H]3O[C@@H](c4ccc(Cl)c(Cc5ccc(OCCc6cc7cc(OC[C@H]8O[C@@H](c9ccc(Cl)c(Cc%10ccc(OCCC%11Cc%12ccccc%12O%11)cc%10)c9)[C@H](O)[C@@H](O)[C@@H]8O)ccc7o6)cc5)c4)[C@H](O)[C@@H](O)[C@@H]3O)ccc21. The highest BCUT2D eigenvalue weighted by Gasteiger charge is 2.48. The van der Waals surface area contributed by atoms with E-state index >= 15 is 4.39 Å². The number of para-hydroxylation sites is 1. The molecule has 6 heterocycles. The quantitative estimate of drug-likeness (QED) is 0.0229. The van der Waals surface area contributed by atoms with Crippen molar-refractivity contribution < 1.29 is 107 Å². The van der Waals surface area contributed by atoms with Crippen LogP contribution in [-0.4, -0.2) is 170 Å². The molecule has 3 fully saturated rings. The highest BCUT2D eigenvalue weighted by molar-refractivity contribution is 6.32. The molecule has 112 heavy (non-hydrogen) atoms. The maximum Gasteiger partial charge on any atom is 0.165 e. The van der Waals surface area contributed by atoms with Crippen LogP contribution in [-0.2, 0) is 51.1 Å². The molecule has 10 aromatic rings. The number of aliphatic hydroxyl groups excluding tert-OH is 10. The largest absolute Gasteiger partial charge is 0.493 e. The molecule has 3 saturated heterocycles. The highest BCUT2D eigenvalue weighted by atomic mass is 35.5. The highest BCUT2D eigenvalue weighted by Crippen LogP contribution is 2.44. The van der Waals surface area contributed by atoms with Gasteiger partial charge in [-0.1, -0.05) is 126 Å². The Morgan fingerprint density at radius 3 is 1.49 bits per heavy atom. The Bertz CT molecular complexity index is 4890. The number of aliphatic hydroxyl groups is 10. The average Bonchev–Trinajstić information content (AvgIpc) is 1.27. The van der Waals surface area contributed by atoms with Crippen molar-refractivity contribution in [2.75, 3.05) is 39.6 Å².